The molecule has 0 aliphatic carbocycles. The summed E-state index contributed by atoms with van der Waals surface area (Å²) in [6.45, 7) is -0.122. The Morgan fingerprint density at radius 2 is 1.64 bits per heavy atom. The minimum atomic E-state index is -1.55. The maximum atomic E-state index is 13.9. The van der Waals surface area contributed by atoms with E-state index in [-0.39, 0.29) is 12.2 Å². The van der Waals surface area contributed by atoms with Gasteiger partial charge in [-0.1, -0.05) is 30.3 Å². The van der Waals surface area contributed by atoms with Crippen LogP contribution in [0.15, 0.2) is 60.4 Å². The van der Waals surface area contributed by atoms with Crippen molar-refractivity contribution in [3.8, 4) is 5.75 Å². The zero-order chi connectivity index (χ0) is 15.9. The molecule has 0 amide bonds. The number of benzene rings is 2. The van der Waals surface area contributed by atoms with Crippen molar-refractivity contribution in [3.05, 3.63) is 71.6 Å². The van der Waals surface area contributed by atoms with Gasteiger partial charge in [0.25, 0.3) is 0 Å². The molecule has 2 aromatic carbocycles. The smallest absolute Gasteiger partial charge is 0.370 e. The molecule has 3 nitrogen and oxygen atoms in total. The lowest BCUT2D eigenvalue weighted by Gasteiger charge is -2.05. The van der Waals surface area contributed by atoms with Gasteiger partial charge in [-0.2, -0.15) is 4.39 Å². The first kappa shape index (κ1) is 15.7. The highest BCUT2D eigenvalue weighted by atomic mass is 19.2. The van der Waals surface area contributed by atoms with Gasteiger partial charge in [-0.15, -0.1) is 0 Å². The highest BCUT2D eigenvalue weighted by Gasteiger charge is 2.19. The first-order valence-corrected chi connectivity index (χ1v) is 6.52. The number of hydrogen-bond donors (Lipinski definition) is 0. The zero-order valence-corrected chi connectivity index (χ0v) is 11.9. The number of carbonyl (C=O) groups is 1. The lowest BCUT2D eigenvalue weighted by atomic mass is 10.2. The zero-order valence-electron chi connectivity index (χ0n) is 11.9. The van der Waals surface area contributed by atoms with Crippen LogP contribution < -0.4 is 4.74 Å². The Bertz CT molecular complexity index is 664. The molecule has 0 fully saturated rings. The fraction of sp³-hybridized carbons (Fsp3) is 0.118. The van der Waals surface area contributed by atoms with Crippen molar-refractivity contribution in [3.63, 3.8) is 0 Å². The van der Waals surface area contributed by atoms with Crippen molar-refractivity contribution in [1.29, 1.82) is 0 Å². The number of ether oxygens (including phenoxy) is 2. The lowest BCUT2D eigenvalue weighted by Crippen LogP contribution is -2.06. The third-order valence-electron chi connectivity index (χ3n) is 2.93. The van der Waals surface area contributed by atoms with E-state index in [2.05, 4.69) is 0 Å². The quantitative estimate of drug-likeness (QED) is 0.617. The summed E-state index contributed by atoms with van der Waals surface area (Å²) < 4.78 is 37.3. The molecular formula is C17H14F2O3. The van der Waals surface area contributed by atoms with Crippen LogP contribution in [-0.4, -0.2) is 13.1 Å². The summed E-state index contributed by atoms with van der Waals surface area (Å²) in [5.41, 5.74) is 0.628. The molecule has 0 radical (unpaired) electrons. The number of methoxy groups -OCH3 is 1. The van der Waals surface area contributed by atoms with Gasteiger partial charge in [-0.3, -0.25) is 0 Å². The Labute approximate surface area is 126 Å². The van der Waals surface area contributed by atoms with Gasteiger partial charge < -0.3 is 9.47 Å². The van der Waals surface area contributed by atoms with E-state index in [1.165, 1.54) is 31.4 Å². The number of rotatable bonds is 5. The molecule has 0 unspecified atom stereocenters. The standard InChI is InChI=1S/C17H14F2O3/c1-21-14-9-7-13(8-10-14)15(18)16(19)17(20)22-11-12-5-3-2-4-6-12/h2-10H,11H2,1H3/b16-15-. The van der Waals surface area contributed by atoms with Gasteiger partial charge in [0.05, 0.1) is 7.11 Å². The largest absolute Gasteiger partial charge is 0.497 e. The molecule has 0 atom stereocenters. The molecule has 5 heteroatoms. The van der Waals surface area contributed by atoms with E-state index >= 15 is 0 Å². The molecule has 0 saturated carbocycles. The van der Waals surface area contributed by atoms with E-state index in [0.29, 0.717) is 11.3 Å². The molecule has 22 heavy (non-hydrogen) atoms. The summed E-state index contributed by atoms with van der Waals surface area (Å²) in [6.07, 6.45) is 0. The maximum absolute atomic E-state index is 13.9. The number of esters is 1. The van der Waals surface area contributed by atoms with E-state index < -0.39 is 17.6 Å². The van der Waals surface area contributed by atoms with E-state index in [1.807, 2.05) is 0 Å². The van der Waals surface area contributed by atoms with Crippen LogP contribution in [0.1, 0.15) is 11.1 Å². The molecule has 0 aromatic heterocycles. The van der Waals surface area contributed by atoms with Gasteiger partial charge in [0.1, 0.15) is 12.4 Å². The Morgan fingerprint density at radius 1 is 1.00 bits per heavy atom. The average Bonchev–Trinajstić information content (AvgIpc) is 2.59. The van der Waals surface area contributed by atoms with E-state index in [4.69, 9.17) is 9.47 Å². The van der Waals surface area contributed by atoms with Gasteiger partial charge in [0, 0.05) is 5.56 Å². The van der Waals surface area contributed by atoms with Crippen molar-refractivity contribution < 1.29 is 23.0 Å². The molecule has 114 valence electrons. The summed E-state index contributed by atoms with van der Waals surface area (Å²) in [5.74, 6) is -3.65. The molecule has 2 aromatic rings. The van der Waals surface area contributed by atoms with Crippen molar-refractivity contribution >= 4 is 11.8 Å². The molecule has 0 bridgehead atoms. The monoisotopic (exact) mass is 304 g/mol. The van der Waals surface area contributed by atoms with Crippen LogP contribution in [0.2, 0.25) is 0 Å². The van der Waals surface area contributed by atoms with Crippen molar-refractivity contribution in [2.75, 3.05) is 7.11 Å². The van der Waals surface area contributed by atoms with Crippen molar-refractivity contribution in [2.24, 2.45) is 0 Å². The second-order valence-electron chi connectivity index (χ2n) is 4.42. The normalized spacial score (nSPS) is 11.6. The van der Waals surface area contributed by atoms with Crippen LogP contribution in [0, 0.1) is 0 Å². The van der Waals surface area contributed by atoms with Crippen molar-refractivity contribution in [1.82, 2.24) is 0 Å². The fourth-order valence-corrected chi connectivity index (χ4v) is 1.74. The summed E-state index contributed by atoms with van der Waals surface area (Å²) in [5, 5.41) is 0. The van der Waals surface area contributed by atoms with Crippen LogP contribution >= 0.6 is 0 Å². The van der Waals surface area contributed by atoms with Gasteiger partial charge in [-0.25, -0.2) is 9.18 Å². The van der Waals surface area contributed by atoms with E-state index in [0.717, 1.165) is 0 Å². The van der Waals surface area contributed by atoms with Gasteiger partial charge in [0.15, 0.2) is 5.83 Å². The Hall–Kier alpha value is -2.69. The number of halogens is 2. The second kappa shape index (κ2) is 7.36. The van der Waals surface area contributed by atoms with Crippen LogP contribution in [-0.2, 0) is 16.1 Å². The summed E-state index contributed by atoms with van der Waals surface area (Å²) in [7, 11) is 1.46. The Kier molecular flexibility index (Phi) is 5.25. The first-order valence-electron chi connectivity index (χ1n) is 6.52. The summed E-state index contributed by atoms with van der Waals surface area (Å²) in [4.78, 5) is 11.5. The van der Waals surface area contributed by atoms with Gasteiger partial charge in [-0.05, 0) is 29.8 Å². The minimum absolute atomic E-state index is 0.0602. The Morgan fingerprint density at radius 3 is 2.23 bits per heavy atom. The SMILES string of the molecule is COc1ccc(/C(F)=C(/F)C(=O)OCc2ccccc2)cc1. The van der Waals surface area contributed by atoms with Gasteiger partial charge in [0.2, 0.25) is 5.83 Å². The second-order valence-corrected chi connectivity index (χ2v) is 4.42. The molecule has 2 rings (SSSR count). The molecule has 0 aliphatic rings. The molecule has 0 heterocycles. The highest BCUT2D eigenvalue weighted by Crippen LogP contribution is 2.24. The lowest BCUT2D eigenvalue weighted by molar-refractivity contribution is -0.142. The fourth-order valence-electron chi connectivity index (χ4n) is 1.74. The molecule has 0 N–H and O–H groups in total. The summed E-state index contributed by atoms with van der Waals surface area (Å²) >= 11 is 0. The Balaban J connectivity index is 2.06. The minimum Gasteiger partial charge on any atom is -0.497 e. The first-order chi connectivity index (χ1) is 10.6. The highest BCUT2D eigenvalue weighted by molar-refractivity contribution is 5.93. The van der Waals surface area contributed by atoms with Gasteiger partial charge >= 0.3 is 5.97 Å². The van der Waals surface area contributed by atoms with Crippen molar-refractivity contribution in [2.45, 2.75) is 6.61 Å². The van der Waals surface area contributed by atoms with Crippen LogP contribution in [0.3, 0.4) is 0 Å². The van der Waals surface area contributed by atoms with E-state index in [1.54, 1.807) is 30.3 Å². The predicted octanol–water partition coefficient (Wildman–Crippen LogP) is 4.05. The predicted molar refractivity (Wildman–Crippen MR) is 78.4 cm³/mol. The average molecular weight is 304 g/mol. The number of carbonyl (C=O) groups excluding carboxylic acids is 1. The van der Waals surface area contributed by atoms with E-state index in [9.17, 15) is 13.6 Å². The maximum Gasteiger partial charge on any atom is 0.370 e. The van der Waals surface area contributed by atoms with Crippen LogP contribution in [0.4, 0.5) is 8.78 Å². The van der Waals surface area contributed by atoms with Crippen LogP contribution in [0.25, 0.3) is 5.83 Å². The molecular weight excluding hydrogens is 290 g/mol. The molecule has 0 spiro atoms. The molecule has 0 aliphatic heterocycles. The topological polar surface area (TPSA) is 35.5 Å². The van der Waals surface area contributed by atoms with Crippen LogP contribution in [0.5, 0.6) is 5.75 Å². The third kappa shape index (κ3) is 3.91. The molecule has 0 saturated heterocycles. The third-order valence-corrected chi connectivity index (χ3v) is 2.93. The number of hydrogen-bond acceptors (Lipinski definition) is 3. The summed E-state index contributed by atoms with van der Waals surface area (Å²) in [6, 6.07) is 14.3.